The van der Waals surface area contributed by atoms with Crippen LogP contribution in [0.2, 0.25) is 0 Å². The minimum absolute atomic E-state index is 0.0636. The monoisotopic (exact) mass is 222 g/mol. The fourth-order valence-electron chi connectivity index (χ4n) is 1.19. The molecule has 0 fully saturated rings. The zero-order valence-electron chi connectivity index (χ0n) is 8.43. The first-order valence-electron chi connectivity index (χ1n) is 4.79. The van der Waals surface area contributed by atoms with Gasteiger partial charge in [-0.3, -0.25) is 0 Å². The predicted octanol–water partition coefficient (Wildman–Crippen LogP) is 3.51. The molecule has 0 N–H and O–H groups in total. The third-order valence-corrected chi connectivity index (χ3v) is 1.81. The molecular formula is C10H13F3O2. The summed E-state index contributed by atoms with van der Waals surface area (Å²) < 4.78 is 44.6. The van der Waals surface area contributed by atoms with Gasteiger partial charge in [-0.15, -0.1) is 13.2 Å². The van der Waals surface area contributed by atoms with Gasteiger partial charge in [0.05, 0.1) is 12.4 Å². The van der Waals surface area contributed by atoms with Crippen molar-refractivity contribution in [1.29, 1.82) is 0 Å². The Labute approximate surface area is 86.4 Å². The lowest BCUT2D eigenvalue weighted by atomic mass is 10.1. The van der Waals surface area contributed by atoms with Crippen molar-refractivity contribution in [1.82, 2.24) is 0 Å². The molecule has 0 aromatic carbocycles. The highest BCUT2D eigenvalue weighted by atomic mass is 19.4. The second-order valence-electron chi connectivity index (χ2n) is 3.16. The van der Waals surface area contributed by atoms with Crippen LogP contribution in [0, 0.1) is 0 Å². The minimum Gasteiger partial charge on any atom is -0.498 e. The molecule has 0 saturated heterocycles. The highest BCUT2D eigenvalue weighted by Crippen LogP contribution is 2.27. The Morgan fingerprint density at radius 1 is 1.20 bits per heavy atom. The number of ether oxygens (including phenoxy) is 2. The zero-order chi connectivity index (χ0) is 11.3. The van der Waals surface area contributed by atoms with Crippen molar-refractivity contribution in [2.45, 2.75) is 32.5 Å². The minimum atomic E-state index is -4.60. The normalized spacial score (nSPS) is 16.8. The SMILES string of the molecule is CCCOC1=CC=C(OC(F)(F)F)CC1. The first-order valence-corrected chi connectivity index (χ1v) is 4.79. The van der Waals surface area contributed by atoms with E-state index in [1.54, 1.807) is 0 Å². The van der Waals surface area contributed by atoms with E-state index in [1.807, 2.05) is 6.92 Å². The number of alkyl halides is 3. The smallest absolute Gasteiger partial charge is 0.498 e. The third-order valence-electron chi connectivity index (χ3n) is 1.81. The molecule has 0 saturated carbocycles. The van der Waals surface area contributed by atoms with Gasteiger partial charge in [0.2, 0.25) is 0 Å². The summed E-state index contributed by atoms with van der Waals surface area (Å²) in [5, 5.41) is 0. The Hall–Kier alpha value is -1.13. The highest BCUT2D eigenvalue weighted by Gasteiger charge is 2.32. The van der Waals surface area contributed by atoms with Crippen LogP contribution in [-0.4, -0.2) is 13.0 Å². The van der Waals surface area contributed by atoms with Gasteiger partial charge in [-0.1, -0.05) is 6.92 Å². The predicted molar refractivity (Wildman–Crippen MR) is 48.8 cm³/mol. The van der Waals surface area contributed by atoms with Crippen molar-refractivity contribution in [3.63, 3.8) is 0 Å². The van der Waals surface area contributed by atoms with Crippen molar-refractivity contribution in [3.05, 3.63) is 23.7 Å². The van der Waals surface area contributed by atoms with E-state index in [1.165, 1.54) is 12.2 Å². The molecule has 0 aliphatic heterocycles. The molecule has 0 radical (unpaired) electrons. The molecule has 1 aliphatic carbocycles. The van der Waals surface area contributed by atoms with Crippen molar-refractivity contribution in [2.75, 3.05) is 6.61 Å². The molecule has 0 unspecified atom stereocenters. The molecule has 0 bridgehead atoms. The lowest BCUT2D eigenvalue weighted by Crippen LogP contribution is -2.14. The first-order chi connectivity index (χ1) is 7.01. The van der Waals surface area contributed by atoms with Crippen LogP contribution in [0.5, 0.6) is 0 Å². The van der Waals surface area contributed by atoms with Gasteiger partial charge in [0.25, 0.3) is 0 Å². The molecule has 0 heterocycles. The van der Waals surface area contributed by atoms with E-state index in [-0.39, 0.29) is 12.2 Å². The van der Waals surface area contributed by atoms with E-state index in [0.29, 0.717) is 18.8 Å². The van der Waals surface area contributed by atoms with Crippen molar-refractivity contribution in [2.24, 2.45) is 0 Å². The molecular weight excluding hydrogens is 209 g/mol. The van der Waals surface area contributed by atoms with Gasteiger partial charge >= 0.3 is 6.36 Å². The van der Waals surface area contributed by atoms with E-state index in [2.05, 4.69) is 4.74 Å². The molecule has 5 heteroatoms. The van der Waals surface area contributed by atoms with Crippen molar-refractivity contribution >= 4 is 0 Å². The van der Waals surface area contributed by atoms with Crippen molar-refractivity contribution in [3.8, 4) is 0 Å². The van der Waals surface area contributed by atoms with Gasteiger partial charge in [-0.25, -0.2) is 0 Å². The second kappa shape index (κ2) is 5.09. The Kier molecular flexibility index (Phi) is 4.05. The number of allylic oxidation sites excluding steroid dienone is 4. The van der Waals surface area contributed by atoms with Crippen molar-refractivity contribution < 1.29 is 22.6 Å². The number of hydrogen-bond donors (Lipinski definition) is 0. The number of rotatable bonds is 4. The highest BCUT2D eigenvalue weighted by molar-refractivity contribution is 5.17. The number of hydrogen-bond acceptors (Lipinski definition) is 2. The van der Waals surface area contributed by atoms with E-state index in [9.17, 15) is 13.2 Å². The zero-order valence-corrected chi connectivity index (χ0v) is 8.43. The molecule has 86 valence electrons. The summed E-state index contributed by atoms with van der Waals surface area (Å²) in [6.07, 6.45) is -0.187. The molecule has 15 heavy (non-hydrogen) atoms. The summed E-state index contributed by atoms with van der Waals surface area (Å²) in [5.41, 5.74) is 0. The van der Waals surface area contributed by atoms with Crippen LogP contribution in [0.1, 0.15) is 26.2 Å². The third kappa shape index (κ3) is 4.76. The fourth-order valence-corrected chi connectivity index (χ4v) is 1.19. The molecule has 2 nitrogen and oxygen atoms in total. The Bertz CT molecular complexity index is 266. The largest absolute Gasteiger partial charge is 0.572 e. The van der Waals surface area contributed by atoms with Crippen LogP contribution in [0.4, 0.5) is 13.2 Å². The Morgan fingerprint density at radius 2 is 1.80 bits per heavy atom. The molecule has 0 atom stereocenters. The summed E-state index contributed by atoms with van der Waals surface area (Å²) >= 11 is 0. The maximum atomic E-state index is 11.8. The Morgan fingerprint density at radius 3 is 2.27 bits per heavy atom. The van der Waals surface area contributed by atoms with Gasteiger partial charge in [-0.2, -0.15) is 0 Å². The van der Waals surface area contributed by atoms with E-state index in [4.69, 9.17) is 4.74 Å². The summed E-state index contributed by atoms with van der Waals surface area (Å²) in [6.45, 7) is 2.56. The van der Waals surface area contributed by atoms with Crippen LogP contribution >= 0.6 is 0 Å². The summed E-state index contributed by atoms with van der Waals surface area (Å²) in [4.78, 5) is 0. The second-order valence-corrected chi connectivity index (χ2v) is 3.16. The molecule has 0 aromatic heterocycles. The molecule has 0 aromatic rings. The van der Waals surface area contributed by atoms with Gasteiger partial charge in [0.1, 0.15) is 5.76 Å². The average molecular weight is 222 g/mol. The van der Waals surface area contributed by atoms with Crippen LogP contribution in [0.3, 0.4) is 0 Å². The standard InChI is InChI=1S/C10H13F3O2/c1-2-7-14-8-3-5-9(6-4-8)15-10(11,12)13/h3,5H,2,4,6-7H2,1H3. The maximum absolute atomic E-state index is 11.8. The summed E-state index contributed by atoms with van der Waals surface area (Å²) in [6, 6.07) is 0. The van der Waals surface area contributed by atoms with Gasteiger partial charge < -0.3 is 9.47 Å². The van der Waals surface area contributed by atoms with Crippen LogP contribution in [0.25, 0.3) is 0 Å². The van der Waals surface area contributed by atoms with Crippen LogP contribution in [0.15, 0.2) is 23.7 Å². The molecule has 1 rings (SSSR count). The molecule has 0 amide bonds. The molecule has 0 spiro atoms. The fraction of sp³-hybridized carbons (Fsp3) is 0.600. The van der Waals surface area contributed by atoms with Gasteiger partial charge in [0, 0.05) is 12.8 Å². The lowest BCUT2D eigenvalue weighted by molar-refractivity contribution is -0.306. The van der Waals surface area contributed by atoms with Crippen LogP contribution in [-0.2, 0) is 9.47 Å². The summed E-state index contributed by atoms with van der Waals surface area (Å²) in [5.74, 6) is 0.651. The molecule has 1 aliphatic rings. The van der Waals surface area contributed by atoms with Gasteiger partial charge in [-0.05, 0) is 18.6 Å². The lowest BCUT2D eigenvalue weighted by Gasteiger charge is -2.17. The first kappa shape index (κ1) is 11.9. The van der Waals surface area contributed by atoms with Gasteiger partial charge in [0.15, 0.2) is 0 Å². The average Bonchev–Trinajstić information content (AvgIpc) is 2.14. The number of halogens is 3. The Balaban J connectivity index is 2.45. The van der Waals surface area contributed by atoms with Crippen LogP contribution < -0.4 is 0 Å². The maximum Gasteiger partial charge on any atom is 0.572 e. The van der Waals surface area contributed by atoms with E-state index >= 15 is 0 Å². The van der Waals surface area contributed by atoms with E-state index in [0.717, 1.165) is 6.42 Å². The topological polar surface area (TPSA) is 18.5 Å². The van der Waals surface area contributed by atoms with E-state index < -0.39 is 6.36 Å². The summed E-state index contributed by atoms with van der Waals surface area (Å²) in [7, 11) is 0. The quantitative estimate of drug-likeness (QED) is 0.724.